The van der Waals surface area contributed by atoms with Gasteiger partial charge in [0.15, 0.2) is 5.13 Å². The minimum atomic E-state index is -0.186. The van der Waals surface area contributed by atoms with E-state index < -0.39 is 0 Å². The van der Waals surface area contributed by atoms with Gasteiger partial charge in [0.05, 0.1) is 11.8 Å². The lowest BCUT2D eigenvalue weighted by molar-refractivity contribution is -0.142. The van der Waals surface area contributed by atoms with Gasteiger partial charge < -0.3 is 15.0 Å². The van der Waals surface area contributed by atoms with Crippen molar-refractivity contribution in [1.82, 2.24) is 9.88 Å². The molecule has 1 unspecified atom stereocenters. The van der Waals surface area contributed by atoms with E-state index in [4.69, 9.17) is 4.74 Å². The number of hydrogen-bond donors (Lipinski definition) is 1. The molecule has 0 bridgehead atoms. The van der Waals surface area contributed by atoms with Gasteiger partial charge in [0, 0.05) is 23.9 Å². The van der Waals surface area contributed by atoms with Crippen molar-refractivity contribution in [2.75, 3.05) is 25.0 Å². The highest BCUT2D eigenvalue weighted by atomic mass is 32.1. The zero-order valence-corrected chi connectivity index (χ0v) is 15.2. The minimum Gasteiger partial charge on any atom is -0.376 e. The van der Waals surface area contributed by atoms with E-state index in [0.29, 0.717) is 11.7 Å². The molecule has 0 radical (unpaired) electrons. The Morgan fingerprint density at radius 1 is 1.29 bits per heavy atom. The van der Waals surface area contributed by atoms with Gasteiger partial charge in [-0.05, 0) is 39.5 Å². The molecule has 132 valence electrons. The number of anilines is 1. The molecular formula is C17H25N3O3S. The third kappa shape index (κ3) is 4.13. The molecule has 7 heteroatoms. The lowest BCUT2D eigenvalue weighted by Gasteiger charge is -2.32. The smallest absolute Gasteiger partial charge is 0.245 e. The first-order valence-corrected chi connectivity index (χ1v) is 9.49. The number of carbonyl (C=O) groups is 2. The van der Waals surface area contributed by atoms with Crippen LogP contribution in [0.15, 0.2) is 0 Å². The number of ether oxygens (including phenoxy) is 1. The van der Waals surface area contributed by atoms with Crippen LogP contribution in [0.2, 0.25) is 0 Å². The molecule has 1 aromatic heterocycles. The summed E-state index contributed by atoms with van der Waals surface area (Å²) in [5.74, 6) is -0.00336. The van der Waals surface area contributed by atoms with E-state index >= 15 is 0 Å². The van der Waals surface area contributed by atoms with Gasteiger partial charge in [-0.3, -0.25) is 9.59 Å². The number of aromatic nitrogens is 1. The summed E-state index contributed by atoms with van der Waals surface area (Å²) in [6.45, 7) is 5.24. The number of nitrogens with zero attached hydrogens (tertiary/aromatic N) is 2. The topological polar surface area (TPSA) is 71.5 Å². The molecule has 2 aliphatic rings. The van der Waals surface area contributed by atoms with E-state index in [1.54, 1.807) is 4.90 Å². The predicted molar refractivity (Wildman–Crippen MR) is 93.1 cm³/mol. The molecule has 0 spiro atoms. The van der Waals surface area contributed by atoms with E-state index in [-0.39, 0.29) is 30.4 Å². The minimum absolute atomic E-state index is 0.0613. The number of hydrogen-bond acceptors (Lipinski definition) is 5. The highest BCUT2D eigenvalue weighted by molar-refractivity contribution is 7.15. The van der Waals surface area contributed by atoms with Crippen LogP contribution in [-0.2, 0) is 14.3 Å². The predicted octanol–water partition coefficient (Wildman–Crippen LogP) is 2.51. The zero-order chi connectivity index (χ0) is 17.1. The maximum atomic E-state index is 12.6. The summed E-state index contributed by atoms with van der Waals surface area (Å²) in [5, 5.41) is 3.42. The SMILES string of the molecule is Cc1nc(NC(=O)CN(CC2CCCO2)C(=O)C2CCC2)sc1C. The second kappa shape index (κ2) is 7.61. The lowest BCUT2D eigenvalue weighted by atomic mass is 9.84. The summed E-state index contributed by atoms with van der Waals surface area (Å²) < 4.78 is 5.65. The van der Waals surface area contributed by atoms with Crippen LogP contribution in [0.3, 0.4) is 0 Å². The van der Waals surface area contributed by atoms with Gasteiger partial charge in [-0.2, -0.15) is 0 Å². The molecule has 2 heterocycles. The van der Waals surface area contributed by atoms with Gasteiger partial charge in [0.1, 0.15) is 6.54 Å². The quantitative estimate of drug-likeness (QED) is 0.855. The number of thiazole rings is 1. The monoisotopic (exact) mass is 351 g/mol. The van der Waals surface area contributed by atoms with Gasteiger partial charge in [0.25, 0.3) is 0 Å². The normalized spacial score (nSPS) is 20.7. The Morgan fingerprint density at radius 2 is 2.08 bits per heavy atom. The molecule has 3 rings (SSSR count). The first kappa shape index (κ1) is 17.4. The van der Waals surface area contributed by atoms with Crippen LogP contribution in [0.1, 0.15) is 42.7 Å². The Morgan fingerprint density at radius 3 is 2.62 bits per heavy atom. The van der Waals surface area contributed by atoms with Crippen molar-refractivity contribution in [2.24, 2.45) is 5.92 Å². The fourth-order valence-electron chi connectivity index (χ4n) is 3.04. The number of aryl methyl sites for hydroxylation is 2. The van der Waals surface area contributed by atoms with Gasteiger partial charge in [-0.1, -0.05) is 6.42 Å². The van der Waals surface area contributed by atoms with Crippen molar-refractivity contribution in [3.8, 4) is 0 Å². The van der Waals surface area contributed by atoms with Crippen molar-refractivity contribution in [3.05, 3.63) is 10.6 Å². The number of rotatable bonds is 6. The Kier molecular flexibility index (Phi) is 5.50. The molecule has 1 aliphatic carbocycles. The lowest BCUT2D eigenvalue weighted by Crippen LogP contribution is -2.46. The van der Waals surface area contributed by atoms with E-state index in [0.717, 1.165) is 49.3 Å². The van der Waals surface area contributed by atoms with Gasteiger partial charge in [-0.25, -0.2) is 4.98 Å². The zero-order valence-electron chi connectivity index (χ0n) is 14.3. The van der Waals surface area contributed by atoms with E-state index in [1.165, 1.54) is 11.3 Å². The molecule has 1 saturated heterocycles. The summed E-state index contributed by atoms with van der Waals surface area (Å²) in [7, 11) is 0. The molecule has 1 aromatic rings. The molecule has 1 aliphatic heterocycles. The van der Waals surface area contributed by atoms with Crippen LogP contribution >= 0.6 is 11.3 Å². The maximum Gasteiger partial charge on any atom is 0.245 e. The average molecular weight is 351 g/mol. The van der Waals surface area contributed by atoms with E-state index in [1.807, 2.05) is 13.8 Å². The first-order chi connectivity index (χ1) is 11.5. The number of amides is 2. The third-order valence-corrected chi connectivity index (χ3v) is 5.81. The Hall–Kier alpha value is -1.47. The van der Waals surface area contributed by atoms with Gasteiger partial charge >= 0.3 is 0 Å². The first-order valence-electron chi connectivity index (χ1n) is 8.67. The molecule has 2 fully saturated rings. The van der Waals surface area contributed by atoms with Crippen LogP contribution in [0.5, 0.6) is 0 Å². The highest BCUT2D eigenvalue weighted by Crippen LogP contribution is 2.29. The second-order valence-electron chi connectivity index (χ2n) is 6.69. The van der Waals surface area contributed by atoms with Crippen molar-refractivity contribution in [3.63, 3.8) is 0 Å². The van der Waals surface area contributed by atoms with Crippen LogP contribution in [-0.4, -0.2) is 47.5 Å². The molecule has 24 heavy (non-hydrogen) atoms. The summed E-state index contributed by atoms with van der Waals surface area (Å²) in [6, 6.07) is 0. The molecule has 1 atom stereocenters. The fourth-order valence-corrected chi connectivity index (χ4v) is 3.87. The van der Waals surface area contributed by atoms with E-state index in [2.05, 4.69) is 10.3 Å². The number of nitrogens with one attached hydrogen (secondary N) is 1. The van der Waals surface area contributed by atoms with Crippen molar-refractivity contribution >= 4 is 28.3 Å². The third-order valence-electron chi connectivity index (χ3n) is 4.82. The molecule has 2 amide bonds. The van der Waals surface area contributed by atoms with Crippen molar-refractivity contribution in [2.45, 2.75) is 52.1 Å². The van der Waals surface area contributed by atoms with Gasteiger partial charge in [-0.15, -0.1) is 11.3 Å². The van der Waals surface area contributed by atoms with Crippen LogP contribution in [0, 0.1) is 19.8 Å². The van der Waals surface area contributed by atoms with Crippen LogP contribution in [0.4, 0.5) is 5.13 Å². The summed E-state index contributed by atoms with van der Waals surface area (Å²) in [5.41, 5.74) is 0.928. The molecule has 0 aromatic carbocycles. The molecule has 1 N–H and O–H groups in total. The standard InChI is InChI=1S/C17H25N3O3S/c1-11-12(2)24-17(18-11)19-15(21)10-20(9-14-7-4-8-23-14)16(22)13-5-3-6-13/h13-14H,3-10H2,1-2H3,(H,18,19,21). The molecule has 1 saturated carbocycles. The average Bonchev–Trinajstić information content (AvgIpc) is 3.07. The number of carbonyl (C=O) groups excluding carboxylic acids is 2. The largest absolute Gasteiger partial charge is 0.376 e. The van der Waals surface area contributed by atoms with Gasteiger partial charge in [0.2, 0.25) is 11.8 Å². The summed E-state index contributed by atoms with van der Waals surface area (Å²) in [6.07, 6.45) is 5.03. The Labute approximate surface area is 146 Å². The fraction of sp³-hybridized carbons (Fsp3) is 0.706. The summed E-state index contributed by atoms with van der Waals surface area (Å²) in [4.78, 5) is 32.1. The Bertz CT molecular complexity index is 587. The highest BCUT2D eigenvalue weighted by Gasteiger charge is 2.32. The molecule has 6 nitrogen and oxygen atoms in total. The summed E-state index contributed by atoms with van der Waals surface area (Å²) >= 11 is 1.46. The molecular weight excluding hydrogens is 326 g/mol. The Balaban J connectivity index is 1.60. The van der Waals surface area contributed by atoms with E-state index in [9.17, 15) is 9.59 Å². The maximum absolute atomic E-state index is 12.6. The van der Waals surface area contributed by atoms with Crippen molar-refractivity contribution < 1.29 is 14.3 Å². The van der Waals surface area contributed by atoms with Crippen LogP contribution < -0.4 is 5.32 Å². The second-order valence-corrected chi connectivity index (χ2v) is 7.89. The van der Waals surface area contributed by atoms with Crippen LogP contribution in [0.25, 0.3) is 0 Å². The van der Waals surface area contributed by atoms with Crippen molar-refractivity contribution in [1.29, 1.82) is 0 Å².